The van der Waals surface area contributed by atoms with Crippen LogP contribution in [0.1, 0.15) is 12.0 Å². The lowest BCUT2D eigenvalue weighted by atomic mass is 10.1. The molecule has 1 N–H and O–H groups in total. The summed E-state index contributed by atoms with van der Waals surface area (Å²) in [6.45, 7) is 1.90. The third-order valence-electron chi connectivity index (χ3n) is 3.16. The molecular formula is C16H16FNO2. The van der Waals surface area contributed by atoms with Crippen LogP contribution in [-0.4, -0.2) is 13.2 Å². The molecule has 1 heterocycles. The van der Waals surface area contributed by atoms with E-state index < -0.39 is 0 Å². The minimum atomic E-state index is -0.249. The smallest absolute Gasteiger partial charge is 0.166 e. The Bertz CT molecular complexity index is 601. The van der Waals surface area contributed by atoms with Gasteiger partial charge < -0.3 is 14.8 Å². The summed E-state index contributed by atoms with van der Waals surface area (Å²) >= 11 is 0. The Kier molecular flexibility index (Phi) is 3.72. The largest absolute Gasteiger partial charge is 0.490 e. The van der Waals surface area contributed by atoms with Gasteiger partial charge in [0.25, 0.3) is 0 Å². The van der Waals surface area contributed by atoms with E-state index in [0.29, 0.717) is 19.8 Å². The van der Waals surface area contributed by atoms with Crippen LogP contribution in [0.3, 0.4) is 0 Å². The van der Waals surface area contributed by atoms with Crippen molar-refractivity contribution in [2.75, 3.05) is 18.5 Å². The van der Waals surface area contributed by atoms with Gasteiger partial charge in [0.05, 0.1) is 13.2 Å². The molecule has 3 rings (SSSR count). The fourth-order valence-electron chi connectivity index (χ4n) is 2.19. The van der Waals surface area contributed by atoms with Crippen LogP contribution in [0.5, 0.6) is 11.5 Å². The summed E-state index contributed by atoms with van der Waals surface area (Å²) < 4.78 is 24.5. The highest BCUT2D eigenvalue weighted by Crippen LogP contribution is 2.33. The van der Waals surface area contributed by atoms with Gasteiger partial charge in [-0.2, -0.15) is 0 Å². The van der Waals surface area contributed by atoms with Crippen LogP contribution >= 0.6 is 0 Å². The second-order valence-electron chi connectivity index (χ2n) is 4.66. The van der Waals surface area contributed by atoms with Crippen molar-refractivity contribution in [3.8, 4) is 11.5 Å². The standard InChI is InChI=1S/C16H16FNO2/c17-13-5-2-6-14(10-13)18-11-12-4-1-7-15-16(12)20-9-3-8-19-15/h1-2,4-7,10,18H,3,8-9,11H2. The zero-order valence-electron chi connectivity index (χ0n) is 11.1. The molecule has 0 bridgehead atoms. The van der Waals surface area contributed by atoms with E-state index in [4.69, 9.17) is 9.47 Å². The third kappa shape index (κ3) is 2.85. The molecule has 0 aliphatic carbocycles. The minimum Gasteiger partial charge on any atom is -0.490 e. The average molecular weight is 273 g/mol. The highest BCUT2D eigenvalue weighted by Gasteiger charge is 2.14. The van der Waals surface area contributed by atoms with Crippen molar-refractivity contribution >= 4 is 5.69 Å². The van der Waals surface area contributed by atoms with E-state index in [2.05, 4.69) is 5.32 Å². The summed E-state index contributed by atoms with van der Waals surface area (Å²) in [7, 11) is 0. The zero-order valence-corrected chi connectivity index (χ0v) is 11.1. The van der Waals surface area contributed by atoms with Gasteiger partial charge in [0.2, 0.25) is 0 Å². The van der Waals surface area contributed by atoms with Gasteiger partial charge in [-0.05, 0) is 24.3 Å². The first-order valence-corrected chi connectivity index (χ1v) is 6.70. The third-order valence-corrected chi connectivity index (χ3v) is 3.16. The number of nitrogens with one attached hydrogen (secondary N) is 1. The van der Waals surface area contributed by atoms with Crippen molar-refractivity contribution in [2.45, 2.75) is 13.0 Å². The molecule has 3 nitrogen and oxygen atoms in total. The summed E-state index contributed by atoms with van der Waals surface area (Å²) in [6.07, 6.45) is 0.880. The van der Waals surface area contributed by atoms with Crippen molar-refractivity contribution in [1.29, 1.82) is 0 Å². The first-order valence-electron chi connectivity index (χ1n) is 6.70. The number of fused-ring (bicyclic) bond motifs is 1. The van der Waals surface area contributed by atoms with Crippen molar-refractivity contribution in [3.05, 3.63) is 53.8 Å². The molecule has 0 saturated carbocycles. The van der Waals surface area contributed by atoms with E-state index in [0.717, 1.165) is 29.2 Å². The fourth-order valence-corrected chi connectivity index (χ4v) is 2.19. The van der Waals surface area contributed by atoms with Crippen molar-refractivity contribution in [2.24, 2.45) is 0 Å². The van der Waals surface area contributed by atoms with Gasteiger partial charge in [-0.3, -0.25) is 0 Å². The lowest BCUT2D eigenvalue weighted by Crippen LogP contribution is -2.03. The molecule has 4 heteroatoms. The summed E-state index contributed by atoms with van der Waals surface area (Å²) in [6, 6.07) is 12.3. The number of hydrogen-bond donors (Lipinski definition) is 1. The lowest BCUT2D eigenvalue weighted by molar-refractivity contribution is 0.296. The number of benzene rings is 2. The summed E-state index contributed by atoms with van der Waals surface area (Å²) in [4.78, 5) is 0. The Morgan fingerprint density at radius 2 is 1.90 bits per heavy atom. The maximum atomic E-state index is 13.1. The zero-order chi connectivity index (χ0) is 13.8. The van der Waals surface area contributed by atoms with E-state index in [1.165, 1.54) is 12.1 Å². The van der Waals surface area contributed by atoms with E-state index in [1.807, 2.05) is 24.3 Å². The maximum Gasteiger partial charge on any atom is 0.166 e. The summed E-state index contributed by atoms with van der Waals surface area (Å²) in [5.41, 5.74) is 1.76. The van der Waals surface area contributed by atoms with Crippen LogP contribution in [0.4, 0.5) is 10.1 Å². The normalized spacial score (nSPS) is 13.7. The van der Waals surface area contributed by atoms with Gasteiger partial charge in [-0.15, -0.1) is 0 Å². The van der Waals surface area contributed by atoms with Crippen molar-refractivity contribution < 1.29 is 13.9 Å². The van der Waals surface area contributed by atoms with Gasteiger partial charge >= 0.3 is 0 Å². The topological polar surface area (TPSA) is 30.5 Å². The minimum absolute atomic E-state index is 0.249. The van der Waals surface area contributed by atoms with E-state index in [9.17, 15) is 4.39 Å². The first-order chi connectivity index (χ1) is 9.83. The predicted molar refractivity (Wildman–Crippen MR) is 75.8 cm³/mol. The van der Waals surface area contributed by atoms with E-state index in [-0.39, 0.29) is 5.82 Å². The Balaban J connectivity index is 1.77. The Hall–Kier alpha value is -2.23. The Labute approximate surface area is 117 Å². The van der Waals surface area contributed by atoms with Crippen molar-refractivity contribution in [1.82, 2.24) is 0 Å². The van der Waals surface area contributed by atoms with Gasteiger partial charge in [0, 0.05) is 24.2 Å². The molecule has 20 heavy (non-hydrogen) atoms. The van der Waals surface area contributed by atoms with Crippen LogP contribution < -0.4 is 14.8 Å². The molecule has 0 unspecified atom stereocenters. The molecule has 2 aromatic carbocycles. The monoisotopic (exact) mass is 273 g/mol. The summed E-state index contributed by atoms with van der Waals surface area (Å²) in [5, 5.41) is 3.20. The molecule has 0 spiro atoms. The maximum absolute atomic E-state index is 13.1. The summed E-state index contributed by atoms with van der Waals surface area (Å²) in [5.74, 6) is 1.32. The highest BCUT2D eigenvalue weighted by molar-refractivity contribution is 5.50. The molecular weight excluding hydrogens is 257 g/mol. The molecule has 0 atom stereocenters. The number of halogens is 1. The molecule has 2 aromatic rings. The second-order valence-corrected chi connectivity index (χ2v) is 4.66. The van der Waals surface area contributed by atoms with E-state index >= 15 is 0 Å². The molecule has 0 amide bonds. The number of para-hydroxylation sites is 1. The van der Waals surface area contributed by atoms with Crippen molar-refractivity contribution in [3.63, 3.8) is 0 Å². The number of hydrogen-bond acceptors (Lipinski definition) is 3. The number of rotatable bonds is 3. The molecule has 1 aliphatic rings. The number of ether oxygens (including phenoxy) is 2. The molecule has 0 radical (unpaired) electrons. The second kappa shape index (κ2) is 5.82. The quantitative estimate of drug-likeness (QED) is 0.927. The fraction of sp³-hybridized carbons (Fsp3) is 0.250. The van der Waals surface area contributed by atoms with Crippen LogP contribution in [0.2, 0.25) is 0 Å². The van der Waals surface area contributed by atoms with Gasteiger partial charge in [0.1, 0.15) is 5.82 Å². The molecule has 1 aliphatic heterocycles. The lowest BCUT2D eigenvalue weighted by Gasteiger charge is -2.13. The molecule has 0 fully saturated rings. The van der Waals surface area contributed by atoms with Crippen LogP contribution in [0.25, 0.3) is 0 Å². The Morgan fingerprint density at radius 3 is 2.80 bits per heavy atom. The predicted octanol–water partition coefficient (Wildman–Crippen LogP) is 3.60. The van der Waals surface area contributed by atoms with Gasteiger partial charge in [-0.25, -0.2) is 4.39 Å². The van der Waals surface area contributed by atoms with Gasteiger partial charge in [-0.1, -0.05) is 18.2 Å². The van der Waals surface area contributed by atoms with E-state index in [1.54, 1.807) is 6.07 Å². The SMILES string of the molecule is Fc1cccc(NCc2cccc3c2OCCCO3)c1. The molecule has 104 valence electrons. The van der Waals surface area contributed by atoms with Crippen LogP contribution in [-0.2, 0) is 6.54 Å². The van der Waals surface area contributed by atoms with Crippen LogP contribution in [0, 0.1) is 5.82 Å². The number of anilines is 1. The highest BCUT2D eigenvalue weighted by atomic mass is 19.1. The molecule has 0 aromatic heterocycles. The average Bonchev–Trinajstić information content (AvgIpc) is 2.71. The van der Waals surface area contributed by atoms with Crippen LogP contribution in [0.15, 0.2) is 42.5 Å². The molecule has 0 saturated heterocycles. The first kappa shape index (κ1) is 12.8. The Morgan fingerprint density at radius 1 is 1.05 bits per heavy atom. The van der Waals surface area contributed by atoms with Gasteiger partial charge in [0.15, 0.2) is 11.5 Å².